The van der Waals surface area contributed by atoms with E-state index < -0.39 is 12.0 Å². The first-order valence-corrected chi connectivity index (χ1v) is 5.03. The number of rotatable bonds is 4. The van der Waals surface area contributed by atoms with Gasteiger partial charge in [-0.15, -0.1) is 6.42 Å². The third kappa shape index (κ3) is 3.53. The van der Waals surface area contributed by atoms with Crippen LogP contribution in [0.15, 0.2) is 0 Å². The first-order chi connectivity index (χ1) is 7.65. The van der Waals surface area contributed by atoms with Crippen molar-refractivity contribution in [3.8, 4) is 12.3 Å². The van der Waals surface area contributed by atoms with E-state index in [0.717, 1.165) is 0 Å². The number of hydrogen-bond donors (Lipinski definition) is 3. The lowest BCUT2D eigenvalue weighted by Crippen LogP contribution is -2.57. The van der Waals surface area contributed by atoms with Gasteiger partial charge in [0.25, 0.3) is 0 Å². The van der Waals surface area contributed by atoms with E-state index in [9.17, 15) is 9.59 Å². The number of aliphatic carboxylic acids is 1. The molecule has 0 aromatic carbocycles. The number of piperazine rings is 1. The second-order valence-corrected chi connectivity index (χ2v) is 3.51. The Balaban J connectivity index is 2.47. The number of amides is 1. The number of nitrogens with one attached hydrogen (secondary N) is 2. The zero-order valence-electron chi connectivity index (χ0n) is 8.90. The quantitative estimate of drug-likeness (QED) is 0.487. The summed E-state index contributed by atoms with van der Waals surface area (Å²) in [6.45, 7) is 1.83. The van der Waals surface area contributed by atoms with Gasteiger partial charge in [-0.2, -0.15) is 0 Å². The largest absolute Gasteiger partial charge is 0.480 e. The Morgan fingerprint density at radius 1 is 1.62 bits per heavy atom. The number of nitrogens with zero attached hydrogens (tertiary/aromatic N) is 1. The number of carboxylic acid groups (broad SMARTS) is 1. The molecule has 6 nitrogen and oxygen atoms in total. The highest BCUT2D eigenvalue weighted by molar-refractivity contribution is 5.80. The highest BCUT2D eigenvalue weighted by Crippen LogP contribution is 2.02. The molecule has 88 valence electrons. The summed E-state index contributed by atoms with van der Waals surface area (Å²) in [5.41, 5.74) is 0. The van der Waals surface area contributed by atoms with Crippen molar-refractivity contribution in [1.82, 2.24) is 15.5 Å². The molecule has 1 heterocycles. The van der Waals surface area contributed by atoms with Crippen molar-refractivity contribution < 1.29 is 14.7 Å². The van der Waals surface area contributed by atoms with E-state index in [1.54, 1.807) is 4.90 Å². The van der Waals surface area contributed by atoms with Gasteiger partial charge in [0, 0.05) is 19.6 Å². The van der Waals surface area contributed by atoms with Gasteiger partial charge in [-0.3, -0.25) is 14.5 Å². The van der Waals surface area contributed by atoms with Gasteiger partial charge in [-0.1, -0.05) is 5.92 Å². The fraction of sp³-hybridized carbons (Fsp3) is 0.600. The summed E-state index contributed by atoms with van der Waals surface area (Å²) in [7, 11) is 0. The fourth-order valence-corrected chi connectivity index (χ4v) is 1.57. The standard InChI is InChI=1S/C10H15N3O3/c1-2-3-12-9(14)7-13-5-4-11-6-8(13)10(15)16/h1,8,11H,3-7H2,(H,12,14)(H,15,16). The number of carbonyl (C=O) groups is 2. The number of hydrogen-bond acceptors (Lipinski definition) is 4. The minimum absolute atomic E-state index is 0.0698. The Hall–Kier alpha value is -1.58. The van der Waals surface area contributed by atoms with Crippen LogP contribution in [-0.2, 0) is 9.59 Å². The summed E-state index contributed by atoms with van der Waals surface area (Å²) in [5, 5.41) is 14.4. The Kier molecular flexibility index (Phi) is 4.76. The number of terminal acetylenes is 1. The maximum atomic E-state index is 11.4. The predicted molar refractivity (Wildman–Crippen MR) is 57.7 cm³/mol. The first kappa shape index (κ1) is 12.5. The topological polar surface area (TPSA) is 81.7 Å². The number of carboxylic acids is 1. The lowest BCUT2D eigenvalue weighted by atomic mass is 10.2. The van der Waals surface area contributed by atoms with Gasteiger partial charge in [0.1, 0.15) is 6.04 Å². The zero-order valence-corrected chi connectivity index (χ0v) is 8.90. The van der Waals surface area contributed by atoms with Crippen LogP contribution in [0.1, 0.15) is 0 Å². The predicted octanol–water partition coefficient (Wildman–Crippen LogP) is -1.91. The summed E-state index contributed by atoms with van der Waals surface area (Å²) in [6, 6.07) is -0.648. The second-order valence-electron chi connectivity index (χ2n) is 3.51. The Morgan fingerprint density at radius 2 is 2.38 bits per heavy atom. The van der Waals surface area contributed by atoms with Crippen molar-refractivity contribution in [2.75, 3.05) is 32.7 Å². The van der Waals surface area contributed by atoms with Gasteiger partial charge in [-0.25, -0.2) is 0 Å². The molecule has 1 amide bonds. The molecule has 1 aliphatic heterocycles. The van der Waals surface area contributed by atoms with Crippen molar-refractivity contribution in [3.63, 3.8) is 0 Å². The van der Waals surface area contributed by atoms with Gasteiger partial charge in [0.15, 0.2) is 0 Å². The molecule has 1 rings (SSSR count). The van der Waals surface area contributed by atoms with Crippen LogP contribution in [0.2, 0.25) is 0 Å². The van der Waals surface area contributed by atoms with E-state index in [1.807, 2.05) is 0 Å². The molecule has 16 heavy (non-hydrogen) atoms. The van der Waals surface area contributed by atoms with E-state index in [4.69, 9.17) is 11.5 Å². The van der Waals surface area contributed by atoms with Crippen molar-refractivity contribution >= 4 is 11.9 Å². The van der Waals surface area contributed by atoms with Crippen LogP contribution in [0.5, 0.6) is 0 Å². The fourth-order valence-electron chi connectivity index (χ4n) is 1.57. The minimum Gasteiger partial charge on any atom is -0.480 e. The van der Waals surface area contributed by atoms with Crippen molar-refractivity contribution in [3.05, 3.63) is 0 Å². The van der Waals surface area contributed by atoms with Crippen molar-refractivity contribution in [2.45, 2.75) is 6.04 Å². The van der Waals surface area contributed by atoms with Crippen molar-refractivity contribution in [2.24, 2.45) is 0 Å². The molecule has 0 radical (unpaired) electrons. The summed E-state index contributed by atoms with van der Waals surface area (Å²) in [6.07, 6.45) is 5.00. The summed E-state index contributed by atoms with van der Waals surface area (Å²) in [4.78, 5) is 23.9. The molecule has 1 fully saturated rings. The molecule has 0 saturated carbocycles. The smallest absolute Gasteiger partial charge is 0.322 e. The molecular weight excluding hydrogens is 210 g/mol. The van der Waals surface area contributed by atoms with Gasteiger partial charge in [0.05, 0.1) is 13.1 Å². The maximum absolute atomic E-state index is 11.4. The molecule has 1 aliphatic rings. The molecule has 0 aromatic rings. The molecule has 6 heteroatoms. The first-order valence-electron chi connectivity index (χ1n) is 5.03. The third-order valence-corrected chi connectivity index (χ3v) is 2.37. The van der Waals surface area contributed by atoms with Crippen LogP contribution in [0.25, 0.3) is 0 Å². The van der Waals surface area contributed by atoms with Crippen LogP contribution >= 0.6 is 0 Å². The maximum Gasteiger partial charge on any atom is 0.322 e. The van der Waals surface area contributed by atoms with Gasteiger partial charge in [-0.05, 0) is 0 Å². The number of carbonyl (C=O) groups excluding carboxylic acids is 1. The zero-order chi connectivity index (χ0) is 12.0. The van der Waals surface area contributed by atoms with Gasteiger partial charge >= 0.3 is 5.97 Å². The van der Waals surface area contributed by atoms with Crippen LogP contribution in [0.3, 0.4) is 0 Å². The van der Waals surface area contributed by atoms with Gasteiger partial charge in [0.2, 0.25) is 5.91 Å². The average molecular weight is 225 g/mol. The molecule has 1 atom stereocenters. The van der Waals surface area contributed by atoms with Crippen LogP contribution in [-0.4, -0.2) is 60.6 Å². The van der Waals surface area contributed by atoms with Crippen LogP contribution in [0, 0.1) is 12.3 Å². The molecule has 1 unspecified atom stereocenters. The summed E-state index contributed by atoms with van der Waals surface area (Å²) >= 11 is 0. The highest BCUT2D eigenvalue weighted by atomic mass is 16.4. The molecule has 3 N–H and O–H groups in total. The average Bonchev–Trinajstić information content (AvgIpc) is 2.27. The minimum atomic E-state index is -0.919. The molecular formula is C10H15N3O3. The van der Waals surface area contributed by atoms with E-state index >= 15 is 0 Å². The monoisotopic (exact) mass is 225 g/mol. The van der Waals surface area contributed by atoms with Crippen molar-refractivity contribution in [1.29, 1.82) is 0 Å². The van der Waals surface area contributed by atoms with Crippen LogP contribution < -0.4 is 10.6 Å². The Bertz CT molecular complexity index is 311. The summed E-state index contributed by atoms with van der Waals surface area (Å²) < 4.78 is 0. The molecule has 0 spiro atoms. The molecule has 0 bridgehead atoms. The molecule has 0 aromatic heterocycles. The van der Waals surface area contributed by atoms with Crippen LogP contribution in [0.4, 0.5) is 0 Å². The second kappa shape index (κ2) is 6.10. The normalized spacial score (nSPS) is 21.1. The summed E-state index contributed by atoms with van der Waals surface area (Å²) in [5.74, 6) is 1.13. The Morgan fingerprint density at radius 3 is 3.00 bits per heavy atom. The SMILES string of the molecule is C#CCNC(=O)CN1CCNCC1C(=O)O. The lowest BCUT2D eigenvalue weighted by Gasteiger charge is -2.32. The molecule has 0 aliphatic carbocycles. The van der Waals surface area contributed by atoms with E-state index in [0.29, 0.717) is 19.6 Å². The Labute approximate surface area is 94.0 Å². The van der Waals surface area contributed by atoms with Gasteiger partial charge < -0.3 is 15.7 Å². The van der Waals surface area contributed by atoms with E-state index in [1.165, 1.54) is 0 Å². The van der Waals surface area contributed by atoms with E-state index in [-0.39, 0.29) is 19.0 Å². The lowest BCUT2D eigenvalue weighted by molar-refractivity contribution is -0.144. The highest BCUT2D eigenvalue weighted by Gasteiger charge is 2.29. The third-order valence-electron chi connectivity index (χ3n) is 2.37. The molecule has 1 saturated heterocycles. The van der Waals surface area contributed by atoms with E-state index in [2.05, 4.69) is 16.6 Å².